The molecule has 0 saturated carbocycles. The van der Waals surface area contributed by atoms with Crippen molar-refractivity contribution in [3.63, 3.8) is 0 Å². The van der Waals surface area contributed by atoms with Crippen LogP contribution >= 0.6 is 22.9 Å². The smallest absolute Gasteiger partial charge is 0.350 e. The van der Waals surface area contributed by atoms with Gasteiger partial charge in [0.05, 0.1) is 18.5 Å². The van der Waals surface area contributed by atoms with Crippen LogP contribution in [-0.2, 0) is 14.3 Å². The summed E-state index contributed by atoms with van der Waals surface area (Å²) in [7, 11) is 1.45. The highest BCUT2D eigenvalue weighted by Crippen LogP contribution is 2.30. The first kappa shape index (κ1) is 23.2. The van der Waals surface area contributed by atoms with E-state index in [1.807, 2.05) is 12.1 Å². The summed E-state index contributed by atoms with van der Waals surface area (Å²) < 4.78 is 10.4. The van der Waals surface area contributed by atoms with Crippen LogP contribution in [0.25, 0.3) is 10.6 Å². The van der Waals surface area contributed by atoms with Crippen molar-refractivity contribution in [3.8, 4) is 16.3 Å². The second kappa shape index (κ2) is 10.3. The van der Waals surface area contributed by atoms with Gasteiger partial charge in [-0.15, -0.1) is 11.3 Å². The lowest BCUT2D eigenvalue weighted by atomic mass is 10.2. The van der Waals surface area contributed by atoms with Gasteiger partial charge in [0.2, 0.25) is 5.91 Å². The lowest BCUT2D eigenvalue weighted by Gasteiger charge is -2.12. The number of hydrogen-bond donors (Lipinski definition) is 2. The van der Waals surface area contributed by atoms with E-state index in [0.717, 1.165) is 5.56 Å². The fourth-order valence-electron chi connectivity index (χ4n) is 2.77. The number of amides is 2. The zero-order valence-corrected chi connectivity index (χ0v) is 19.1. The van der Waals surface area contributed by atoms with E-state index in [1.165, 1.54) is 25.4 Å². The highest BCUT2D eigenvalue weighted by Gasteiger charge is 2.19. The van der Waals surface area contributed by atoms with Gasteiger partial charge in [0.15, 0.2) is 6.61 Å². The minimum atomic E-state index is -0.644. The van der Waals surface area contributed by atoms with E-state index < -0.39 is 18.5 Å². The van der Waals surface area contributed by atoms with Crippen LogP contribution in [-0.4, -0.2) is 36.5 Å². The molecule has 3 aromatic rings. The number of esters is 1. The van der Waals surface area contributed by atoms with Crippen molar-refractivity contribution in [2.24, 2.45) is 0 Å². The van der Waals surface area contributed by atoms with Crippen LogP contribution in [0.4, 0.5) is 11.4 Å². The molecule has 166 valence electrons. The summed E-state index contributed by atoms with van der Waals surface area (Å²) in [5, 5.41) is 6.49. The molecule has 32 heavy (non-hydrogen) atoms. The van der Waals surface area contributed by atoms with Gasteiger partial charge in [-0.2, -0.15) is 0 Å². The number of carbonyl (C=O) groups excluding carboxylic acids is 3. The number of benzene rings is 2. The second-order valence-corrected chi connectivity index (χ2v) is 8.10. The number of methoxy groups -OCH3 is 1. The Morgan fingerprint density at radius 3 is 2.47 bits per heavy atom. The maximum Gasteiger partial charge on any atom is 0.350 e. The van der Waals surface area contributed by atoms with Gasteiger partial charge < -0.3 is 20.1 Å². The summed E-state index contributed by atoms with van der Waals surface area (Å²) in [6.07, 6.45) is 0. The van der Waals surface area contributed by atoms with Crippen LogP contribution in [0, 0.1) is 6.92 Å². The third-order valence-electron chi connectivity index (χ3n) is 4.20. The molecule has 0 aliphatic heterocycles. The predicted octanol–water partition coefficient (Wildman–Crippen LogP) is 4.53. The molecule has 10 heteroatoms. The summed E-state index contributed by atoms with van der Waals surface area (Å²) in [6.45, 7) is 2.58. The number of hydrogen-bond acceptors (Lipinski definition) is 7. The first-order valence-electron chi connectivity index (χ1n) is 9.42. The van der Waals surface area contributed by atoms with E-state index in [4.69, 9.17) is 21.1 Å². The largest absolute Gasteiger partial charge is 0.495 e. The van der Waals surface area contributed by atoms with Crippen molar-refractivity contribution >= 4 is 52.1 Å². The molecule has 8 nitrogen and oxygen atoms in total. The third kappa shape index (κ3) is 5.83. The number of carbonyl (C=O) groups is 3. The molecule has 0 aliphatic carbocycles. The molecule has 1 heterocycles. The van der Waals surface area contributed by atoms with Gasteiger partial charge in [-0.1, -0.05) is 23.7 Å². The van der Waals surface area contributed by atoms with E-state index in [0.29, 0.717) is 37.7 Å². The Bertz CT molecular complexity index is 1160. The lowest BCUT2D eigenvalue weighted by Crippen LogP contribution is -2.21. The molecule has 0 aliphatic rings. The Kier molecular flexibility index (Phi) is 7.45. The van der Waals surface area contributed by atoms with Crippen molar-refractivity contribution in [1.82, 2.24) is 4.98 Å². The topological polar surface area (TPSA) is 107 Å². The minimum absolute atomic E-state index is 0.251. The van der Waals surface area contributed by atoms with E-state index in [9.17, 15) is 14.4 Å². The van der Waals surface area contributed by atoms with E-state index in [1.54, 1.807) is 37.3 Å². The summed E-state index contributed by atoms with van der Waals surface area (Å²) in [4.78, 5) is 40.8. The van der Waals surface area contributed by atoms with Gasteiger partial charge >= 0.3 is 5.97 Å². The van der Waals surface area contributed by atoms with Crippen molar-refractivity contribution < 1.29 is 23.9 Å². The number of anilines is 2. The number of thiazole rings is 1. The number of nitrogens with one attached hydrogen (secondary N) is 2. The van der Waals surface area contributed by atoms with E-state index in [2.05, 4.69) is 15.6 Å². The Morgan fingerprint density at radius 1 is 1.09 bits per heavy atom. The average Bonchev–Trinajstić information content (AvgIpc) is 3.14. The molecular formula is C22H20ClN3O5S. The Balaban J connectivity index is 1.65. The summed E-state index contributed by atoms with van der Waals surface area (Å²) >= 11 is 7.08. The van der Waals surface area contributed by atoms with Crippen molar-refractivity contribution in [2.75, 3.05) is 24.4 Å². The van der Waals surface area contributed by atoms with E-state index in [-0.39, 0.29) is 5.91 Å². The summed E-state index contributed by atoms with van der Waals surface area (Å²) in [6, 6.07) is 11.9. The van der Waals surface area contributed by atoms with Crippen molar-refractivity contribution in [1.29, 1.82) is 0 Å². The molecule has 0 radical (unpaired) electrons. The monoisotopic (exact) mass is 473 g/mol. The highest BCUT2D eigenvalue weighted by molar-refractivity contribution is 7.17. The molecule has 0 atom stereocenters. The zero-order valence-electron chi connectivity index (χ0n) is 17.5. The number of rotatable bonds is 7. The minimum Gasteiger partial charge on any atom is -0.495 e. The molecular weight excluding hydrogens is 454 g/mol. The zero-order chi connectivity index (χ0) is 23.3. The maximum absolute atomic E-state index is 12.5. The normalized spacial score (nSPS) is 10.4. The van der Waals surface area contributed by atoms with Crippen molar-refractivity contribution in [2.45, 2.75) is 13.8 Å². The Labute approximate surface area is 193 Å². The fourth-order valence-corrected chi connectivity index (χ4v) is 3.86. The molecule has 2 aromatic carbocycles. The molecule has 2 N–H and O–H groups in total. The van der Waals surface area contributed by atoms with Crippen LogP contribution in [0.1, 0.15) is 22.3 Å². The fraction of sp³-hybridized carbons (Fsp3) is 0.182. The molecule has 0 bridgehead atoms. The Hall–Kier alpha value is -3.43. The van der Waals surface area contributed by atoms with Crippen LogP contribution in [0.15, 0.2) is 42.5 Å². The van der Waals surface area contributed by atoms with E-state index >= 15 is 0 Å². The molecule has 2 amide bonds. The van der Waals surface area contributed by atoms with Gasteiger partial charge in [-0.25, -0.2) is 9.78 Å². The number of nitrogens with zero attached hydrogens (tertiary/aromatic N) is 1. The molecule has 3 rings (SSSR count). The van der Waals surface area contributed by atoms with Gasteiger partial charge in [-0.05, 0) is 37.3 Å². The van der Waals surface area contributed by atoms with Crippen LogP contribution in [0.3, 0.4) is 0 Å². The van der Waals surface area contributed by atoms with Crippen LogP contribution < -0.4 is 15.4 Å². The highest BCUT2D eigenvalue weighted by atomic mass is 35.5. The number of aromatic nitrogens is 1. The van der Waals surface area contributed by atoms with Crippen molar-refractivity contribution in [3.05, 3.63) is 58.1 Å². The molecule has 0 spiro atoms. The summed E-state index contributed by atoms with van der Waals surface area (Å²) in [5.41, 5.74) is 2.15. The molecule has 0 unspecified atom stereocenters. The van der Waals surface area contributed by atoms with Gasteiger partial charge in [0, 0.05) is 23.2 Å². The standard InChI is InChI=1S/C22H20ClN3O5S/c1-12-20(32-21(24-12)14-4-6-15(23)7-5-14)22(29)31-11-19(28)26-17-10-16(25-13(2)27)8-9-18(17)30-3/h4-10H,11H2,1-3H3,(H,25,27)(H,26,28). The summed E-state index contributed by atoms with van der Waals surface area (Å²) in [5.74, 6) is -1.06. The maximum atomic E-state index is 12.5. The SMILES string of the molecule is COc1ccc(NC(C)=O)cc1NC(=O)COC(=O)c1sc(-c2ccc(Cl)cc2)nc1C. The number of halogens is 1. The number of ether oxygens (including phenoxy) is 2. The first-order chi connectivity index (χ1) is 15.3. The number of aryl methyl sites for hydroxylation is 1. The van der Waals surface area contributed by atoms with Gasteiger partial charge in [-0.3, -0.25) is 9.59 Å². The third-order valence-corrected chi connectivity index (χ3v) is 5.64. The molecule has 1 aromatic heterocycles. The quantitative estimate of drug-likeness (QED) is 0.488. The lowest BCUT2D eigenvalue weighted by molar-refractivity contribution is -0.119. The molecule has 0 fully saturated rings. The Morgan fingerprint density at radius 2 is 1.81 bits per heavy atom. The van der Waals surface area contributed by atoms with Gasteiger partial charge in [0.1, 0.15) is 15.6 Å². The predicted molar refractivity (Wildman–Crippen MR) is 124 cm³/mol. The molecule has 0 saturated heterocycles. The first-order valence-corrected chi connectivity index (χ1v) is 10.6. The second-order valence-electron chi connectivity index (χ2n) is 6.66. The van der Waals surface area contributed by atoms with Crippen LogP contribution in [0.2, 0.25) is 5.02 Å². The van der Waals surface area contributed by atoms with Crippen LogP contribution in [0.5, 0.6) is 5.75 Å². The van der Waals surface area contributed by atoms with Gasteiger partial charge in [0.25, 0.3) is 5.91 Å². The average molecular weight is 474 g/mol.